The van der Waals surface area contributed by atoms with Gasteiger partial charge in [-0.1, -0.05) is 6.07 Å². The van der Waals surface area contributed by atoms with Gasteiger partial charge < -0.3 is 30.2 Å². The largest absolute Gasteiger partial charge is 0.493 e. The second kappa shape index (κ2) is 10.5. The third kappa shape index (κ3) is 5.60. The van der Waals surface area contributed by atoms with Crippen LogP contribution in [0.25, 0.3) is 11.1 Å². The van der Waals surface area contributed by atoms with Crippen molar-refractivity contribution in [2.45, 2.75) is 83.5 Å². The van der Waals surface area contributed by atoms with Crippen molar-refractivity contribution in [2.75, 3.05) is 26.6 Å². The molecule has 2 aromatic rings. The zero-order chi connectivity index (χ0) is 27.8. The molecule has 8 heteroatoms. The lowest BCUT2D eigenvalue weighted by Gasteiger charge is -2.46. The van der Waals surface area contributed by atoms with Crippen LogP contribution in [0, 0.1) is 0 Å². The van der Waals surface area contributed by atoms with Crippen LogP contribution in [-0.2, 0) is 11.2 Å². The summed E-state index contributed by atoms with van der Waals surface area (Å²) in [6.07, 6.45) is 3.06. The van der Waals surface area contributed by atoms with E-state index < -0.39 is 0 Å². The number of amides is 1. The number of anilines is 1. The Bertz CT molecular complexity index is 1270. The predicted octanol–water partition coefficient (Wildman–Crippen LogP) is 4.58. The standard InChI is InChI=1S/C30H41N3O5/c1-17(34)31-22-11-9-18-13-25(36-6)27(37-7)28(38-8)26(18)20-10-12-23(24(35)14-21(20)22)32-19-15-29(2,3)33-30(4,5)16-19/h10,12-14,19,22,33H,9,11,15-16H2,1-8H3,(H,31,34)(H,32,35)/t22-/m0/s1. The SMILES string of the molecule is COc1cc2c(c(OC)c1OC)-c1ccc(NC3CC(C)(C)NC(C)(C)C3)c(=O)cc1[C@@H](NC(C)=O)CC2. The van der Waals surface area contributed by atoms with Crippen LogP contribution in [0.3, 0.4) is 0 Å². The number of hydrogen-bond donors (Lipinski definition) is 3. The first kappa shape index (κ1) is 27.8. The topological polar surface area (TPSA) is 97.9 Å². The van der Waals surface area contributed by atoms with E-state index in [0.29, 0.717) is 35.8 Å². The van der Waals surface area contributed by atoms with Crippen molar-refractivity contribution in [2.24, 2.45) is 0 Å². The van der Waals surface area contributed by atoms with Gasteiger partial charge in [-0.2, -0.15) is 0 Å². The first-order chi connectivity index (χ1) is 17.9. The van der Waals surface area contributed by atoms with Crippen LogP contribution < -0.4 is 35.6 Å². The summed E-state index contributed by atoms with van der Waals surface area (Å²) in [4.78, 5) is 25.8. The third-order valence-electron chi connectivity index (χ3n) is 7.47. The van der Waals surface area contributed by atoms with E-state index >= 15 is 0 Å². The number of benzene rings is 1. The number of hydrogen-bond acceptors (Lipinski definition) is 7. The lowest BCUT2D eigenvalue weighted by molar-refractivity contribution is -0.119. The van der Waals surface area contributed by atoms with E-state index in [1.54, 1.807) is 27.4 Å². The molecule has 0 aromatic heterocycles. The summed E-state index contributed by atoms with van der Waals surface area (Å²) >= 11 is 0. The van der Waals surface area contributed by atoms with Gasteiger partial charge in [0.1, 0.15) is 0 Å². The van der Waals surface area contributed by atoms with Crippen molar-refractivity contribution in [1.82, 2.24) is 10.6 Å². The van der Waals surface area contributed by atoms with Crippen LogP contribution in [0.4, 0.5) is 5.69 Å². The van der Waals surface area contributed by atoms with Gasteiger partial charge in [0.25, 0.3) is 0 Å². The number of fused-ring (bicyclic) bond motifs is 3. The Morgan fingerprint density at radius 1 is 0.974 bits per heavy atom. The van der Waals surface area contributed by atoms with Crippen LogP contribution in [0.1, 0.15) is 71.0 Å². The molecule has 3 N–H and O–H groups in total. The van der Waals surface area contributed by atoms with E-state index in [0.717, 1.165) is 35.1 Å². The van der Waals surface area contributed by atoms with Gasteiger partial charge >= 0.3 is 0 Å². The number of methoxy groups -OCH3 is 3. The maximum absolute atomic E-state index is 13.7. The molecule has 206 valence electrons. The molecular weight excluding hydrogens is 482 g/mol. The van der Waals surface area contributed by atoms with E-state index in [1.807, 2.05) is 18.2 Å². The third-order valence-corrected chi connectivity index (χ3v) is 7.47. The fourth-order valence-electron chi connectivity index (χ4n) is 6.47. The lowest BCUT2D eigenvalue weighted by atomic mass is 9.79. The van der Waals surface area contributed by atoms with E-state index in [-0.39, 0.29) is 34.5 Å². The van der Waals surface area contributed by atoms with Crippen LogP contribution in [-0.4, -0.2) is 44.4 Å². The minimum absolute atomic E-state index is 0.0605. The highest BCUT2D eigenvalue weighted by atomic mass is 16.5. The number of carbonyl (C=O) groups excluding carboxylic acids is 1. The maximum atomic E-state index is 13.7. The fourth-order valence-corrected chi connectivity index (χ4v) is 6.47. The zero-order valence-corrected chi connectivity index (χ0v) is 23.8. The average molecular weight is 524 g/mol. The molecule has 1 aliphatic carbocycles. The summed E-state index contributed by atoms with van der Waals surface area (Å²) in [6, 6.07) is 7.25. The zero-order valence-electron chi connectivity index (χ0n) is 23.8. The molecule has 2 aromatic carbocycles. The molecule has 1 heterocycles. The number of piperidine rings is 1. The Labute approximate surface area is 225 Å². The molecule has 1 atom stereocenters. The molecule has 1 fully saturated rings. The Kier molecular flexibility index (Phi) is 7.66. The van der Waals surface area contributed by atoms with Gasteiger partial charge in [0, 0.05) is 29.6 Å². The monoisotopic (exact) mass is 523 g/mol. The molecule has 0 saturated carbocycles. The molecule has 8 nitrogen and oxygen atoms in total. The van der Waals surface area contributed by atoms with Gasteiger partial charge in [-0.3, -0.25) is 9.59 Å². The van der Waals surface area contributed by atoms with Gasteiger partial charge in [0.2, 0.25) is 17.1 Å². The summed E-state index contributed by atoms with van der Waals surface area (Å²) in [5.74, 6) is 1.46. The fraction of sp³-hybridized carbons (Fsp3) is 0.533. The van der Waals surface area contributed by atoms with Crippen molar-refractivity contribution in [3.63, 3.8) is 0 Å². The molecule has 1 saturated heterocycles. The molecule has 4 rings (SSSR count). The highest BCUT2D eigenvalue weighted by molar-refractivity contribution is 5.83. The van der Waals surface area contributed by atoms with Gasteiger partial charge in [-0.25, -0.2) is 0 Å². The Hall–Kier alpha value is -3.26. The van der Waals surface area contributed by atoms with Crippen molar-refractivity contribution in [3.05, 3.63) is 45.6 Å². The first-order valence-electron chi connectivity index (χ1n) is 13.2. The Balaban J connectivity index is 1.90. The molecule has 0 radical (unpaired) electrons. The van der Waals surface area contributed by atoms with E-state index in [4.69, 9.17) is 14.2 Å². The highest BCUT2D eigenvalue weighted by Crippen LogP contribution is 2.50. The molecule has 2 aliphatic rings. The smallest absolute Gasteiger partial charge is 0.217 e. The number of aryl methyl sites for hydroxylation is 1. The quantitative estimate of drug-likeness (QED) is 0.510. The summed E-state index contributed by atoms with van der Waals surface area (Å²) < 4.78 is 17.2. The summed E-state index contributed by atoms with van der Waals surface area (Å²) in [6.45, 7) is 10.3. The van der Waals surface area contributed by atoms with Gasteiger partial charge in [-0.05, 0) is 88.3 Å². The molecule has 38 heavy (non-hydrogen) atoms. The summed E-state index contributed by atoms with van der Waals surface area (Å²) in [5.41, 5.74) is 3.74. The van der Waals surface area contributed by atoms with Gasteiger partial charge in [0.05, 0.1) is 33.1 Å². The minimum Gasteiger partial charge on any atom is -0.493 e. The summed E-state index contributed by atoms with van der Waals surface area (Å²) in [7, 11) is 4.78. The lowest BCUT2D eigenvalue weighted by Crippen LogP contribution is -2.60. The summed E-state index contributed by atoms with van der Waals surface area (Å²) in [5, 5.41) is 10.3. The number of rotatable bonds is 6. The molecule has 0 bridgehead atoms. The molecular formula is C30H41N3O5. The number of ether oxygens (including phenoxy) is 3. The normalized spacial score (nSPS) is 19.8. The van der Waals surface area contributed by atoms with E-state index in [2.05, 4.69) is 43.6 Å². The minimum atomic E-state index is -0.332. The van der Waals surface area contributed by atoms with Crippen LogP contribution in [0.2, 0.25) is 0 Å². The second-order valence-electron chi connectivity index (χ2n) is 11.7. The Morgan fingerprint density at radius 2 is 1.63 bits per heavy atom. The maximum Gasteiger partial charge on any atom is 0.217 e. The molecule has 0 unspecified atom stereocenters. The van der Waals surface area contributed by atoms with Gasteiger partial charge in [0.15, 0.2) is 11.5 Å². The van der Waals surface area contributed by atoms with E-state index in [1.165, 1.54) is 6.92 Å². The van der Waals surface area contributed by atoms with Crippen molar-refractivity contribution < 1.29 is 19.0 Å². The Morgan fingerprint density at radius 3 is 2.21 bits per heavy atom. The number of nitrogens with one attached hydrogen (secondary N) is 3. The van der Waals surface area contributed by atoms with Gasteiger partial charge in [-0.15, -0.1) is 0 Å². The van der Waals surface area contributed by atoms with E-state index in [9.17, 15) is 9.59 Å². The van der Waals surface area contributed by atoms with Crippen LogP contribution in [0.15, 0.2) is 29.1 Å². The molecule has 0 spiro atoms. The number of carbonyl (C=O) groups is 1. The van der Waals surface area contributed by atoms with Crippen molar-refractivity contribution >= 4 is 11.6 Å². The van der Waals surface area contributed by atoms with Crippen molar-refractivity contribution in [3.8, 4) is 28.4 Å². The molecule has 1 amide bonds. The molecule has 1 aliphatic heterocycles. The predicted molar refractivity (Wildman–Crippen MR) is 151 cm³/mol. The van der Waals surface area contributed by atoms with Crippen LogP contribution >= 0.6 is 0 Å². The highest BCUT2D eigenvalue weighted by Gasteiger charge is 2.38. The average Bonchev–Trinajstić information content (AvgIpc) is 3.05. The first-order valence-corrected chi connectivity index (χ1v) is 13.2. The second-order valence-corrected chi connectivity index (χ2v) is 11.7. The van der Waals surface area contributed by atoms with Crippen molar-refractivity contribution in [1.29, 1.82) is 0 Å². The van der Waals surface area contributed by atoms with Crippen LogP contribution in [0.5, 0.6) is 17.2 Å².